The van der Waals surface area contributed by atoms with Crippen molar-refractivity contribution in [1.29, 1.82) is 0 Å². The van der Waals surface area contributed by atoms with Gasteiger partial charge in [-0.25, -0.2) is 13.2 Å². The predicted molar refractivity (Wildman–Crippen MR) is 139 cm³/mol. The minimum atomic E-state index is -4.06. The summed E-state index contributed by atoms with van der Waals surface area (Å²) in [5.74, 6) is -0.487. The molecule has 8 nitrogen and oxygen atoms in total. The number of ether oxygens (including phenoxy) is 2. The molecule has 0 atom stereocenters. The molecule has 3 aromatic rings. The van der Waals surface area contributed by atoms with Crippen molar-refractivity contribution in [3.63, 3.8) is 0 Å². The highest BCUT2D eigenvalue weighted by Gasteiger charge is 2.27. The van der Waals surface area contributed by atoms with Gasteiger partial charge in [0.1, 0.15) is 12.3 Å². The normalized spacial score (nSPS) is 11.0. The van der Waals surface area contributed by atoms with Gasteiger partial charge in [0.05, 0.1) is 29.4 Å². The number of carbonyl (C=O) groups is 2. The van der Waals surface area contributed by atoms with Crippen molar-refractivity contribution in [2.24, 2.45) is 0 Å². The van der Waals surface area contributed by atoms with E-state index in [0.29, 0.717) is 29.3 Å². The van der Waals surface area contributed by atoms with E-state index in [0.717, 1.165) is 9.87 Å². The maximum Gasteiger partial charge on any atom is 0.338 e. The summed E-state index contributed by atoms with van der Waals surface area (Å²) in [6.45, 7) is 7.41. The number of hydrogen-bond donors (Lipinski definition) is 1. The van der Waals surface area contributed by atoms with Crippen molar-refractivity contribution in [2.75, 3.05) is 29.4 Å². The number of esters is 1. The van der Waals surface area contributed by atoms with Gasteiger partial charge in [0, 0.05) is 5.69 Å². The van der Waals surface area contributed by atoms with Gasteiger partial charge in [0.2, 0.25) is 5.91 Å². The standard InChI is InChI=1S/C27H30N2O6S/c1-5-34-23-13-11-22(12-14-23)29(36(32,33)24-15-7-19(3)8-16-24)18-26(30)28-25-17-21(10-9-20(25)4)27(31)35-6-2/h7-17H,5-6,18H2,1-4H3,(H,28,30). The Morgan fingerprint density at radius 1 is 0.889 bits per heavy atom. The molecule has 0 saturated carbocycles. The van der Waals surface area contributed by atoms with Gasteiger partial charge >= 0.3 is 5.97 Å². The van der Waals surface area contributed by atoms with Gasteiger partial charge in [0.25, 0.3) is 10.0 Å². The van der Waals surface area contributed by atoms with Crippen LogP contribution in [-0.4, -0.2) is 40.1 Å². The summed E-state index contributed by atoms with van der Waals surface area (Å²) in [6.07, 6.45) is 0. The molecule has 0 spiro atoms. The Kier molecular flexibility index (Phi) is 8.71. The van der Waals surface area contributed by atoms with Crippen molar-refractivity contribution < 1.29 is 27.5 Å². The molecule has 9 heteroatoms. The number of amides is 1. The molecule has 0 radical (unpaired) electrons. The van der Waals surface area contributed by atoms with Gasteiger partial charge in [0.15, 0.2) is 0 Å². The molecule has 0 fully saturated rings. The van der Waals surface area contributed by atoms with Crippen LogP contribution in [0.3, 0.4) is 0 Å². The van der Waals surface area contributed by atoms with E-state index in [1.165, 1.54) is 18.2 Å². The molecular formula is C27H30N2O6S. The van der Waals surface area contributed by atoms with E-state index in [-0.39, 0.29) is 17.1 Å². The molecular weight excluding hydrogens is 480 g/mol. The van der Waals surface area contributed by atoms with E-state index < -0.39 is 28.4 Å². The molecule has 0 aliphatic heterocycles. The Bertz CT molecular complexity index is 1320. The summed E-state index contributed by atoms with van der Waals surface area (Å²) >= 11 is 0. The number of nitrogens with one attached hydrogen (secondary N) is 1. The Hall–Kier alpha value is -3.85. The van der Waals surface area contributed by atoms with E-state index in [1.54, 1.807) is 62.4 Å². The molecule has 36 heavy (non-hydrogen) atoms. The molecule has 0 aromatic heterocycles. The van der Waals surface area contributed by atoms with Crippen LogP contribution in [0, 0.1) is 13.8 Å². The summed E-state index contributed by atoms with van der Waals surface area (Å²) in [5, 5.41) is 2.73. The highest BCUT2D eigenvalue weighted by atomic mass is 32.2. The fourth-order valence-electron chi connectivity index (χ4n) is 3.45. The Morgan fingerprint density at radius 3 is 2.17 bits per heavy atom. The summed E-state index contributed by atoms with van der Waals surface area (Å²) in [6, 6.07) is 17.7. The first-order chi connectivity index (χ1) is 17.1. The van der Waals surface area contributed by atoms with E-state index >= 15 is 0 Å². The third-order valence-electron chi connectivity index (χ3n) is 5.35. The number of anilines is 2. The summed E-state index contributed by atoms with van der Waals surface area (Å²) in [5.41, 5.74) is 2.62. The van der Waals surface area contributed by atoms with Gasteiger partial charge in [-0.3, -0.25) is 9.10 Å². The van der Waals surface area contributed by atoms with E-state index in [9.17, 15) is 18.0 Å². The second-order valence-corrected chi connectivity index (χ2v) is 9.91. The molecule has 0 aliphatic rings. The predicted octanol–water partition coefficient (Wildman–Crippen LogP) is 4.71. The SMILES string of the molecule is CCOC(=O)c1ccc(C)c(NC(=O)CN(c2ccc(OCC)cc2)S(=O)(=O)c2ccc(C)cc2)c1. The third-order valence-corrected chi connectivity index (χ3v) is 7.14. The first-order valence-corrected chi connectivity index (χ1v) is 13.0. The smallest absolute Gasteiger partial charge is 0.338 e. The number of aryl methyl sites for hydroxylation is 2. The van der Waals surface area contributed by atoms with Crippen molar-refractivity contribution in [3.8, 4) is 5.75 Å². The van der Waals surface area contributed by atoms with Gasteiger partial charge in [-0.1, -0.05) is 23.8 Å². The minimum Gasteiger partial charge on any atom is -0.494 e. The van der Waals surface area contributed by atoms with Gasteiger partial charge in [-0.05, 0) is 81.8 Å². The average Bonchev–Trinajstić information content (AvgIpc) is 2.85. The lowest BCUT2D eigenvalue weighted by molar-refractivity contribution is -0.114. The quantitative estimate of drug-likeness (QED) is 0.396. The Balaban J connectivity index is 1.93. The van der Waals surface area contributed by atoms with Crippen LogP contribution < -0.4 is 14.4 Å². The van der Waals surface area contributed by atoms with Gasteiger partial charge < -0.3 is 14.8 Å². The number of carbonyl (C=O) groups excluding carboxylic acids is 2. The van der Waals surface area contributed by atoms with Crippen molar-refractivity contribution in [1.82, 2.24) is 0 Å². The maximum absolute atomic E-state index is 13.6. The molecule has 1 amide bonds. The Labute approximate surface area is 211 Å². The number of hydrogen-bond acceptors (Lipinski definition) is 6. The summed E-state index contributed by atoms with van der Waals surface area (Å²) < 4.78 is 38.7. The monoisotopic (exact) mass is 510 g/mol. The molecule has 0 saturated heterocycles. The zero-order valence-electron chi connectivity index (χ0n) is 20.8. The second kappa shape index (κ2) is 11.7. The summed E-state index contributed by atoms with van der Waals surface area (Å²) in [4.78, 5) is 25.3. The van der Waals surface area contributed by atoms with Crippen LogP contribution in [0.1, 0.15) is 35.3 Å². The van der Waals surface area contributed by atoms with Crippen LogP contribution in [0.5, 0.6) is 5.75 Å². The van der Waals surface area contributed by atoms with Crippen LogP contribution >= 0.6 is 0 Å². The van der Waals surface area contributed by atoms with Crippen LogP contribution in [0.15, 0.2) is 71.6 Å². The highest BCUT2D eigenvalue weighted by molar-refractivity contribution is 7.92. The fraction of sp³-hybridized carbons (Fsp3) is 0.259. The van der Waals surface area contributed by atoms with Crippen molar-refractivity contribution in [3.05, 3.63) is 83.4 Å². The van der Waals surface area contributed by atoms with Crippen LogP contribution in [-0.2, 0) is 19.6 Å². The Morgan fingerprint density at radius 2 is 1.56 bits per heavy atom. The molecule has 3 aromatic carbocycles. The van der Waals surface area contributed by atoms with E-state index in [1.807, 2.05) is 13.8 Å². The maximum atomic E-state index is 13.6. The zero-order chi connectivity index (χ0) is 26.3. The van der Waals surface area contributed by atoms with Crippen LogP contribution in [0.25, 0.3) is 0 Å². The lowest BCUT2D eigenvalue weighted by atomic mass is 10.1. The number of benzene rings is 3. The van der Waals surface area contributed by atoms with Crippen LogP contribution in [0.2, 0.25) is 0 Å². The average molecular weight is 511 g/mol. The van der Waals surface area contributed by atoms with E-state index in [4.69, 9.17) is 9.47 Å². The lowest BCUT2D eigenvalue weighted by Crippen LogP contribution is -2.38. The molecule has 0 aliphatic carbocycles. The van der Waals surface area contributed by atoms with Gasteiger partial charge in [-0.15, -0.1) is 0 Å². The van der Waals surface area contributed by atoms with E-state index in [2.05, 4.69) is 5.32 Å². The molecule has 3 rings (SSSR count). The lowest BCUT2D eigenvalue weighted by Gasteiger charge is -2.24. The first-order valence-electron chi connectivity index (χ1n) is 11.6. The van der Waals surface area contributed by atoms with Crippen LogP contribution in [0.4, 0.5) is 11.4 Å². The first kappa shape index (κ1) is 26.7. The molecule has 0 bridgehead atoms. The third kappa shape index (κ3) is 6.42. The number of nitrogens with zero attached hydrogens (tertiary/aromatic N) is 1. The molecule has 0 unspecified atom stereocenters. The van der Waals surface area contributed by atoms with Crippen molar-refractivity contribution in [2.45, 2.75) is 32.6 Å². The molecule has 0 heterocycles. The topological polar surface area (TPSA) is 102 Å². The second-order valence-electron chi connectivity index (χ2n) is 8.05. The van der Waals surface area contributed by atoms with Gasteiger partial charge in [-0.2, -0.15) is 0 Å². The fourth-order valence-corrected chi connectivity index (χ4v) is 4.87. The largest absolute Gasteiger partial charge is 0.494 e. The molecule has 190 valence electrons. The summed E-state index contributed by atoms with van der Waals surface area (Å²) in [7, 11) is -4.06. The number of sulfonamides is 1. The molecule has 1 N–H and O–H groups in total. The highest BCUT2D eigenvalue weighted by Crippen LogP contribution is 2.27. The number of rotatable bonds is 10. The zero-order valence-corrected chi connectivity index (χ0v) is 21.6. The minimum absolute atomic E-state index is 0.0651. The van der Waals surface area contributed by atoms with Crippen molar-refractivity contribution >= 4 is 33.3 Å².